The summed E-state index contributed by atoms with van der Waals surface area (Å²) in [5.74, 6) is 0. The van der Waals surface area contributed by atoms with E-state index in [0.29, 0.717) is 19.8 Å². The van der Waals surface area contributed by atoms with E-state index in [-0.39, 0.29) is 12.1 Å². The Morgan fingerprint density at radius 1 is 1.55 bits per heavy atom. The maximum atomic E-state index is 12.1. The van der Waals surface area contributed by atoms with Crippen molar-refractivity contribution in [2.45, 2.75) is 38.3 Å². The highest BCUT2D eigenvalue weighted by molar-refractivity contribution is 7.10. The molecule has 0 bridgehead atoms. The number of rotatable bonds is 6. The predicted octanol–water partition coefficient (Wildman–Crippen LogP) is 2.40. The molecule has 0 spiro atoms. The lowest BCUT2D eigenvalue weighted by Gasteiger charge is -2.27. The summed E-state index contributed by atoms with van der Waals surface area (Å²) in [4.78, 5) is 15.4. The molecule has 122 valence electrons. The maximum absolute atomic E-state index is 12.1. The molecule has 0 aliphatic carbocycles. The number of urea groups is 1. The zero-order valence-corrected chi connectivity index (χ0v) is 13.7. The van der Waals surface area contributed by atoms with E-state index < -0.39 is 0 Å². The van der Waals surface area contributed by atoms with Crippen molar-refractivity contribution >= 4 is 17.4 Å². The smallest absolute Gasteiger partial charge is 0.317 e. The molecule has 1 saturated heterocycles. The average molecular weight is 324 g/mol. The van der Waals surface area contributed by atoms with Gasteiger partial charge in [0.15, 0.2) is 0 Å². The average Bonchev–Trinajstić information content (AvgIpc) is 3.20. The first-order valence-corrected chi connectivity index (χ1v) is 8.98. The fraction of sp³-hybridized carbons (Fsp3) is 0.688. The van der Waals surface area contributed by atoms with Crippen molar-refractivity contribution in [1.82, 2.24) is 10.2 Å². The zero-order chi connectivity index (χ0) is 15.2. The Morgan fingerprint density at radius 3 is 3.36 bits per heavy atom. The molecule has 0 aromatic carbocycles. The number of ether oxygens (including phenoxy) is 2. The molecule has 2 aliphatic heterocycles. The van der Waals surface area contributed by atoms with E-state index in [1.807, 2.05) is 4.90 Å². The van der Waals surface area contributed by atoms with Gasteiger partial charge in [0.1, 0.15) is 0 Å². The number of thiophene rings is 1. The third kappa shape index (κ3) is 4.21. The van der Waals surface area contributed by atoms with E-state index in [4.69, 9.17) is 9.47 Å². The SMILES string of the molecule is O=C(NCCCOCC1CCCO1)N1CCc2sccc2C1. The van der Waals surface area contributed by atoms with E-state index in [0.717, 1.165) is 45.4 Å². The summed E-state index contributed by atoms with van der Waals surface area (Å²) in [7, 11) is 0. The van der Waals surface area contributed by atoms with Crippen LogP contribution in [0.15, 0.2) is 11.4 Å². The number of nitrogens with zero attached hydrogens (tertiary/aromatic N) is 1. The Hall–Kier alpha value is -1.11. The Bertz CT molecular complexity index is 485. The molecule has 5 nitrogen and oxygen atoms in total. The minimum atomic E-state index is 0.0379. The molecular formula is C16H24N2O3S. The van der Waals surface area contributed by atoms with Gasteiger partial charge < -0.3 is 19.7 Å². The molecule has 3 heterocycles. The van der Waals surface area contributed by atoms with Gasteiger partial charge in [0, 0.05) is 37.7 Å². The van der Waals surface area contributed by atoms with E-state index in [9.17, 15) is 4.79 Å². The second-order valence-corrected chi connectivity index (χ2v) is 6.84. The minimum Gasteiger partial charge on any atom is -0.379 e. The number of hydrogen-bond donors (Lipinski definition) is 1. The topological polar surface area (TPSA) is 50.8 Å². The van der Waals surface area contributed by atoms with Crippen molar-refractivity contribution in [2.24, 2.45) is 0 Å². The summed E-state index contributed by atoms with van der Waals surface area (Å²) < 4.78 is 11.1. The van der Waals surface area contributed by atoms with Gasteiger partial charge in [-0.2, -0.15) is 0 Å². The molecule has 1 atom stereocenters. The van der Waals surface area contributed by atoms with Crippen LogP contribution in [0, 0.1) is 0 Å². The van der Waals surface area contributed by atoms with Gasteiger partial charge in [-0.1, -0.05) is 0 Å². The molecule has 1 aromatic rings. The van der Waals surface area contributed by atoms with Crippen LogP contribution in [0.3, 0.4) is 0 Å². The number of hydrogen-bond acceptors (Lipinski definition) is 4. The van der Waals surface area contributed by atoms with Gasteiger partial charge in [0.25, 0.3) is 0 Å². The fourth-order valence-electron chi connectivity index (χ4n) is 2.89. The van der Waals surface area contributed by atoms with Crippen molar-refractivity contribution in [3.05, 3.63) is 21.9 Å². The Labute approximate surface area is 135 Å². The van der Waals surface area contributed by atoms with Crippen molar-refractivity contribution in [3.63, 3.8) is 0 Å². The van der Waals surface area contributed by atoms with Crippen molar-refractivity contribution in [1.29, 1.82) is 0 Å². The van der Waals surface area contributed by atoms with Crippen LogP contribution in [-0.2, 0) is 22.4 Å². The number of carbonyl (C=O) groups excluding carboxylic acids is 1. The summed E-state index contributed by atoms with van der Waals surface area (Å²) in [6.45, 7) is 4.44. The summed E-state index contributed by atoms with van der Waals surface area (Å²) in [6, 6.07) is 2.16. The van der Waals surface area contributed by atoms with Crippen LogP contribution in [0.25, 0.3) is 0 Å². The molecule has 2 amide bonds. The van der Waals surface area contributed by atoms with Crippen LogP contribution in [0.5, 0.6) is 0 Å². The van der Waals surface area contributed by atoms with Crippen LogP contribution in [0.2, 0.25) is 0 Å². The highest BCUT2D eigenvalue weighted by Gasteiger charge is 2.21. The molecule has 0 saturated carbocycles. The second kappa shape index (κ2) is 7.94. The van der Waals surface area contributed by atoms with E-state index in [1.165, 1.54) is 10.4 Å². The zero-order valence-electron chi connectivity index (χ0n) is 12.9. The predicted molar refractivity (Wildman–Crippen MR) is 86.2 cm³/mol. The van der Waals surface area contributed by atoms with Crippen LogP contribution in [0.1, 0.15) is 29.7 Å². The van der Waals surface area contributed by atoms with Crippen LogP contribution in [-0.4, -0.2) is 49.9 Å². The lowest BCUT2D eigenvalue weighted by atomic mass is 10.1. The third-order valence-electron chi connectivity index (χ3n) is 4.16. The quantitative estimate of drug-likeness (QED) is 0.818. The molecule has 1 unspecified atom stereocenters. The molecule has 22 heavy (non-hydrogen) atoms. The minimum absolute atomic E-state index is 0.0379. The van der Waals surface area contributed by atoms with Crippen molar-refractivity contribution < 1.29 is 14.3 Å². The molecule has 3 rings (SSSR count). The highest BCUT2D eigenvalue weighted by atomic mass is 32.1. The Balaban J connectivity index is 1.27. The molecule has 6 heteroatoms. The maximum Gasteiger partial charge on any atom is 0.317 e. The Morgan fingerprint density at radius 2 is 2.50 bits per heavy atom. The molecule has 1 fully saturated rings. The van der Waals surface area contributed by atoms with Crippen LogP contribution >= 0.6 is 11.3 Å². The summed E-state index contributed by atoms with van der Waals surface area (Å²) in [5.41, 5.74) is 1.30. The normalized spacial score (nSPS) is 20.9. The van der Waals surface area contributed by atoms with Gasteiger partial charge in [-0.3, -0.25) is 0 Å². The number of nitrogens with one attached hydrogen (secondary N) is 1. The molecule has 2 aliphatic rings. The summed E-state index contributed by atoms with van der Waals surface area (Å²) in [5, 5.41) is 5.09. The first-order valence-electron chi connectivity index (χ1n) is 8.10. The van der Waals surface area contributed by atoms with Crippen molar-refractivity contribution in [2.75, 3.05) is 32.9 Å². The standard InChI is InChI=1S/C16H24N2O3S/c19-16(18-7-4-15-13(11-18)5-10-22-15)17-6-2-8-20-12-14-3-1-9-21-14/h5,10,14H,1-4,6-9,11-12H2,(H,17,19). The van der Waals surface area contributed by atoms with E-state index >= 15 is 0 Å². The highest BCUT2D eigenvalue weighted by Crippen LogP contribution is 2.23. The first-order chi connectivity index (χ1) is 10.8. The lowest BCUT2D eigenvalue weighted by Crippen LogP contribution is -2.42. The van der Waals surface area contributed by atoms with Gasteiger partial charge in [-0.05, 0) is 42.7 Å². The van der Waals surface area contributed by atoms with Gasteiger partial charge >= 0.3 is 6.03 Å². The number of amides is 2. The molecular weight excluding hydrogens is 300 g/mol. The number of fused-ring (bicyclic) bond motifs is 1. The second-order valence-electron chi connectivity index (χ2n) is 5.84. The molecule has 1 aromatic heterocycles. The molecule has 1 N–H and O–H groups in total. The third-order valence-corrected chi connectivity index (χ3v) is 5.19. The van der Waals surface area contributed by atoms with Crippen LogP contribution in [0.4, 0.5) is 4.79 Å². The van der Waals surface area contributed by atoms with E-state index in [2.05, 4.69) is 16.8 Å². The first kappa shape index (κ1) is 15.8. The van der Waals surface area contributed by atoms with Crippen molar-refractivity contribution in [3.8, 4) is 0 Å². The summed E-state index contributed by atoms with van der Waals surface area (Å²) >= 11 is 1.79. The van der Waals surface area contributed by atoms with E-state index in [1.54, 1.807) is 11.3 Å². The largest absolute Gasteiger partial charge is 0.379 e. The van der Waals surface area contributed by atoms with Gasteiger partial charge in [-0.25, -0.2) is 4.79 Å². The monoisotopic (exact) mass is 324 g/mol. The van der Waals surface area contributed by atoms with Crippen LogP contribution < -0.4 is 5.32 Å². The molecule has 0 radical (unpaired) electrons. The fourth-order valence-corrected chi connectivity index (χ4v) is 3.78. The Kier molecular flexibility index (Phi) is 5.70. The summed E-state index contributed by atoms with van der Waals surface area (Å²) in [6.07, 6.45) is 4.35. The lowest BCUT2D eigenvalue weighted by molar-refractivity contribution is 0.0167. The van der Waals surface area contributed by atoms with Gasteiger partial charge in [0.2, 0.25) is 0 Å². The number of carbonyl (C=O) groups is 1. The van der Waals surface area contributed by atoms with Gasteiger partial charge in [0.05, 0.1) is 12.7 Å². The van der Waals surface area contributed by atoms with Gasteiger partial charge in [-0.15, -0.1) is 11.3 Å².